The van der Waals surface area contributed by atoms with Crippen molar-refractivity contribution in [2.75, 3.05) is 5.32 Å². The lowest BCUT2D eigenvalue weighted by Gasteiger charge is -2.10. The minimum Gasteiger partial charge on any atom is -0.336 e. The van der Waals surface area contributed by atoms with Crippen LogP contribution in [0.15, 0.2) is 48.5 Å². The summed E-state index contributed by atoms with van der Waals surface area (Å²) in [4.78, 5) is 23.7. The van der Waals surface area contributed by atoms with Crippen molar-refractivity contribution >= 4 is 29.2 Å². The Kier molecular flexibility index (Phi) is 6.21. The van der Waals surface area contributed by atoms with Crippen molar-refractivity contribution in [3.05, 3.63) is 64.7 Å². The van der Waals surface area contributed by atoms with Gasteiger partial charge >= 0.3 is 6.03 Å². The summed E-state index contributed by atoms with van der Waals surface area (Å²) in [6.45, 7) is 4.19. The maximum absolute atomic E-state index is 12.2. The molecule has 0 fully saturated rings. The first-order valence-corrected chi connectivity index (χ1v) is 8.02. The lowest BCUT2D eigenvalue weighted by atomic mass is 10.1. The summed E-state index contributed by atoms with van der Waals surface area (Å²) in [7, 11) is 0. The van der Waals surface area contributed by atoms with Crippen molar-refractivity contribution in [1.29, 1.82) is 0 Å². The average molecular weight is 346 g/mol. The van der Waals surface area contributed by atoms with E-state index in [4.69, 9.17) is 11.6 Å². The van der Waals surface area contributed by atoms with Gasteiger partial charge in [-0.1, -0.05) is 29.8 Å². The van der Waals surface area contributed by atoms with Crippen molar-refractivity contribution < 1.29 is 9.59 Å². The molecule has 0 aliphatic carbocycles. The normalized spacial score (nSPS) is 10.3. The van der Waals surface area contributed by atoms with Crippen LogP contribution in [-0.2, 0) is 6.54 Å². The number of benzene rings is 2. The summed E-state index contributed by atoms with van der Waals surface area (Å²) in [5.74, 6) is -0.214. The highest BCUT2D eigenvalue weighted by molar-refractivity contribution is 6.30. The second-order valence-electron chi connectivity index (χ2n) is 5.64. The highest BCUT2D eigenvalue weighted by Gasteiger charge is 2.07. The number of hydrogen-bond acceptors (Lipinski definition) is 2. The van der Waals surface area contributed by atoms with Crippen LogP contribution in [0.5, 0.6) is 0 Å². The molecule has 2 aromatic rings. The topological polar surface area (TPSA) is 70.2 Å². The number of urea groups is 1. The van der Waals surface area contributed by atoms with Crippen LogP contribution in [0.2, 0.25) is 5.02 Å². The lowest BCUT2D eigenvalue weighted by molar-refractivity contribution is 0.102. The third kappa shape index (κ3) is 5.59. The smallest absolute Gasteiger partial charge is 0.315 e. The molecule has 2 aromatic carbocycles. The zero-order valence-corrected chi connectivity index (χ0v) is 14.4. The number of rotatable bonds is 5. The van der Waals surface area contributed by atoms with Crippen molar-refractivity contribution in [1.82, 2.24) is 10.6 Å². The number of halogens is 1. The van der Waals surface area contributed by atoms with E-state index in [-0.39, 0.29) is 18.0 Å². The molecule has 0 unspecified atom stereocenters. The van der Waals surface area contributed by atoms with Crippen molar-refractivity contribution in [3.8, 4) is 0 Å². The molecule has 0 heterocycles. The molecule has 0 saturated carbocycles. The van der Waals surface area contributed by atoms with Gasteiger partial charge in [0.25, 0.3) is 5.91 Å². The maximum Gasteiger partial charge on any atom is 0.315 e. The zero-order valence-electron chi connectivity index (χ0n) is 13.6. The molecule has 0 radical (unpaired) electrons. The highest BCUT2D eigenvalue weighted by atomic mass is 35.5. The number of hydrogen-bond donors (Lipinski definition) is 3. The van der Waals surface area contributed by atoms with Gasteiger partial charge in [-0.15, -0.1) is 0 Å². The fraction of sp³-hybridized carbons (Fsp3) is 0.222. The van der Waals surface area contributed by atoms with E-state index in [0.717, 1.165) is 5.56 Å². The monoisotopic (exact) mass is 345 g/mol. The highest BCUT2D eigenvalue weighted by Crippen LogP contribution is 2.16. The Bertz CT molecular complexity index is 714. The molecule has 24 heavy (non-hydrogen) atoms. The summed E-state index contributed by atoms with van der Waals surface area (Å²) >= 11 is 5.90. The fourth-order valence-electron chi connectivity index (χ4n) is 2.04. The molecular weight excluding hydrogens is 326 g/mol. The third-order valence-electron chi connectivity index (χ3n) is 3.17. The van der Waals surface area contributed by atoms with E-state index in [2.05, 4.69) is 16.0 Å². The molecule has 0 spiro atoms. The predicted octanol–water partition coefficient (Wildman–Crippen LogP) is 3.80. The summed E-state index contributed by atoms with van der Waals surface area (Å²) in [6, 6.07) is 13.9. The van der Waals surface area contributed by atoms with E-state index in [1.54, 1.807) is 36.4 Å². The second-order valence-corrected chi connectivity index (χ2v) is 6.08. The van der Waals surface area contributed by atoms with Gasteiger partial charge in [-0.05, 0) is 49.7 Å². The van der Waals surface area contributed by atoms with Crippen molar-refractivity contribution in [3.63, 3.8) is 0 Å². The van der Waals surface area contributed by atoms with Crippen LogP contribution in [-0.4, -0.2) is 18.0 Å². The number of nitrogens with one attached hydrogen (secondary N) is 3. The Morgan fingerprint density at radius 3 is 2.42 bits per heavy atom. The van der Waals surface area contributed by atoms with Gasteiger partial charge in [0.05, 0.1) is 0 Å². The van der Waals surface area contributed by atoms with Gasteiger partial charge in [-0.3, -0.25) is 4.79 Å². The van der Waals surface area contributed by atoms with Crippen LogP contribution in [0.1, 0.15) is 29.8 Å². The molecule has 6 heteroatoms. The first kappa shape index (κ1) is 17.8. The average Bonchev–Trinajstić information content (AvgIpc) is 2.53. The Labute approximate surface area is 146 Å². The first-order chi connectivity index (χ1) is 11.4. The van der Waals surface area contributed by atoms with Crippen LogP contribution < -0.4 is 16.0 Å². The minimum atomic E-state index is -0.215. The number of amides is 3. The summed E-state index contributed by atoms with van der Waals surface area (Å²) in [5.41, 5.74) is 2.09. The standard InChI is InChI=1S/C18H20ClN3O2/c1-12(2)21-18(24)20-11-13-6-8-14(9-7-13)17(23)22-16-5-3-4-15(19)10-16/h3-10,12H,11H2,1-2H3,(H,22,23)(H2,20,21,24). The van der Waals surface area contributed by atoms with Gasteiger partial charge in [0.1, 0.15) is 0 Å². The number of anilines is 1. The van der Waals surface area contributed by atoms with E-state index in [1.165, 1.54) is 0 Å². The van der Waals surface area contributed by atoms with Crippen LogP contribution in [0, 0.1) is 0 Å². The zero-order chi connectivity index (χ0) is 17.5. The van der Waals surface area contributed by atoms with E-state index in [1.807, 2.05) is 26.0 Å². The molecule has 0 saturated heterocycles. The second kappa shape index (κ2) is 8.36. The maximum atomic E-state index is 12.2. The quantitative estimate of drug-likeness (QED) is 0.771. The Morgan fingerprint density at radius 1 is 1.08 bits per heavy atom. The third-order valence-corrected chi connectivity index (χ3v) is 3.41. The van der Waals surface area contributed by atoms with Gasteiger partial charge in [-0.25, -0.2) is 4.79 Å². The number of carbonyl (C=O) groups excluding carboxylic acids is 2. The summed E-state index contributed by atoms with van der Waals surface area (Å²) in [5, 5.41) is 8.86. The van der Waals surface area contributed by atoms with Gasteiger partial charge in [-0.2, -0.15) is 0 Å². The van der Waals surface area contributed by atoms with Gasteiger partial charge in [0, 0.05) is 28.9 Å². The predicted molar refractivity (Wildman–Crippen MR) is 96.4 cm³/mol. The van der Waals surface area contributed by atoms with Crippen molar-refractivity contribution in [2.45, 2.75) is 26.4 Å². The van der Waals surface area contributed by atoms with Crippen LogP contribution in [0.25, 0.3) is 0 Å². The molecule has 5 nitrogen and oxygen atoms in total. The van der Waals surface area contributed by atoms with E-state index < -0.39 is 0 Å². The fourth-order valence-corrected chi connectivity index (χ4v) is 2.23. The van der Waals surface area contributed by atoms with Gasteiger partial charge < -0.3 is 16.0 Å². The van der Waals surface area contributed by atoms with Crippen molar-refractivity contribution in [2.24, 2.45) is 0 Å². The molecule has 126 valence electrons. The van der Waals surface area contributed by atoms with E-state index in [0.29, 0.717) is 22.8 Å². The summed E-state index contributed by atoms with van der Waals surface area (Å²) in [6.07, 6.45) is 0. The SMILES string of the molecule is CC(C)NC(=O)NCc1ccc(C(=O)Nc2cccc(Cl)c2)cc1. The van der Waals surface area contributed by atoms with Crippen LogP contribution in [0.4, 0.5) is 10.5 Å². The Balaban J connectivity index is 1.91. The molecule has 0 bridgehead atoms. The van der Waals surface area contributed by atoms with Gasteiger partial charge in [0.15, 0.2) is 0 Å². The lowest BCUT2D eigenvalue weighted by Crippen LogP contribution is -2.39. The number of carbonyl (C=O) groups is 2. The molecular formula is C18H20ClN3O2. The molecule has 0 atom stereocenters. The summed E-state index contributed by atoms with van der Waals surface area (Å²) < 4.78 is 0. The molecule has 3 amide bonds. The minimum absolute atomic E-state index is 0.0857. The first-order valence-electron chi connectivity index (χ1n) is 7.64. The van der Waals surface area contributed by atoms with Gasteiger partial charge in [0.2, 0.25) is 0 Å². The van der Waals surface area contributed by atoms with Crippen LogP contribution >= 0.6 is 11.6 Å². The van der Waals surface area contributed by atoms with Crippen LogP contribution in [0.3, 0.4) is 0 Å². The molecule has 2 rings (SSSR count). The van der Waals surface area contributed by atoms with E-state index >= 15 is 0 Å². The Hall–Kier alpha value is -2.53. The molecule has 3 N–H and O–H groups in total. The van der Waals surface area contributed by atoms with E-state index in [9.17, 15) is 9.59 Å². The largest absolute Gasteiger partial charge is 0.336 e. The molecule has 0 aromatic heterocycles. The molecule has 0 aliphatic rings. The Morgan fingerprint density at radius 2 is 1.79 bits per heavy atom. The molecule has 0 aliphatic heterocycles.